The molecule has 22 heavy (non-hydrogen) atoms. The molecule has 2 rings (SSSR count). The number of carbonyl (C=O) groups excluding carboxylic acids is 1. The molecule has 1 heterocycles. The number of benzene rings is 1. The third kappa shape index (κ3) is 4.75. The van der Waals surface area contributed by atoms with E-state index in [0.717, 1.165) is 32.4 Å². The molecule has 0 bridgehead atoms. The topological polar surface area (TPSA) is 32.3 Å². The van der Waals surface area contributed by atoms with Crippen molar-refractivity contribution < 1.29 is 4.79 Å². The number of nitrogens with zero attached hydrogens (tertiary/aromatic N) is 1. The van der Waals surface area contributed by atoms with Crippen LogP contribution >= 0.6 is 0 Å². The van der Waals surface area contributed by atoms with Crippen LogP contribution < -0.4 is 5.32 Å². The van der Waals surface area contributed by atoms with Crippen molar-refractivity contribution in [3.8, 4) is 0 Å². The predicted octanol–water partition coefficient (Wildman–Crippen LogP) is 4.67. The van der Waals surface area contributed by atoms with E-state index < -0.39 is 0 Å². The van der Waals surface area contributed by atoms with Crippen LogP contribution in [0.2, 0.25) is 0 Å². The van der Waals surface area contributed by atoms with E-state index in [0.29, 0.717) is 5.92 Å². The summed E-state index contributed by atoms with van der Waals surface area (Å²) in [5.74, 6) is 0.622. The second kappa shape index (κ2) is 8.21. The van der Waals surface area contributed by atoms with Gasteiger partial charge >= 0.3 is 6.03 Å². The molecule has 1 aromatic rings. The fourth-order valence-electron chi connectivity index (χ4n) is 3.14. The first-order valence-corrected chi connectivity index (χ1v) is 8.69. The largest absolute Gasteiger partial charge is 0.338 e. The van der Waals surface area contributed by atoms with Gasteiger partial charge in [0.25, 0.3) is 0 Å². The zero-order valence-corrected chi connectivity index (χ0v) is 14.3. The van der Waals surface area contributed by atoms with Crippen LogP contribution in [0.25, 0.3) is 0 Å². The van der Waals surface area contributed by atoms with Gasteiger partial charge in [0.05, 0.1) is 6.04 Å². The molecule has 1 N–H and O–H groups in total. The third-order valence-electron chi connectivity index (χ3n) is 4.44. The quantitative estimate of drug-likeness (QED) is 0.861. The van der Waals surface area contributed by atoms with Crippen LogP contribution in [0.5, 0.6) is 0 Å². The second-order valence-corrected chi connectivity index (χ2v) is 6.89. The number of aryl methyl sites for hydroxylation is 1. The summed E-state index contributed by atoms with van der Waals surface area (Å²) in [5, 5.41) is 3.11. The molecule has 3 nitrogen and oxygen atoms in total. The Morgan fingerprint density at radius 2 is 2.14 bits per heavy atom. The summed E-state index contributed by atoms with van der Waals surface area (Å²) in [6, 6.07) is 8.94. The lowest BCUT2D eigenvalue weighted by Gasteiger charge is -2.31. The Balaban J connectivity index is 2.08. The van der Waals surface area contributed by atoms with E-state index in [9.17, 15) is 4.79 Å². The van der Waals surface area contributed by atoms with Crippen molar-refractivity contribution >= 4 is 6.03 Å². The molecule has 0 unspecified atom stereocenters. The maximum Gasteiger partial charge on any atom is 0.317 e. The minimum Gasteiger partial charge on any atom is -0.338 e. The summed E-state index contributed by atoms with van der Waals surface area (Å²) in [4.78, 5) is 14.7. The van der Waals surface area contributed by atoms with E-state index in [2.05, 4.69) is 55.3 Å². The highest BCUT2D eigenvalue weighted by Crippen LogP contribution is 2.30. The molecule has 0 aromatic heterocycles. The van der Waals surface area contributed by atoms with E-state index in [4.69, 9.17) is 0 Å². The molecule has 1 aliphatic heterocycles. The van der Waals surface area contributed by atoms with Gasteiger partial charge in [-0.25, -0.2) is 4.79 Å². The Labute approximate surface area is 135 Å². The lowest BCUT2D eigenvalue weighted by molar-refractivity contribution is 0.175. The maximum absolute atomic E-state index is 12.6. The highest BCUT2D eigenvalue weighted by Gasteiger charge is 2.26. The summed E-state index contributed by atoms with van der Waals surface area (Å²) in [6.45, 7) is 8.13. The van der Waals surface area contributed by atoms with Gasteiger partial charge in [0.15, 0.2) is 0 Å². The van der Waals surface area contributed by atoms with E-state index in [1.807, 2.05) is 0 Å². The molecule has 0 aliphatic carbocycles. The number of hydrogen-bond acceptors (Lipinski definition) is 1. The Bertz CT molecular complexity index is 484. The van der Waals surface area contributed by atoms with Crippen molar-refractivity contribution in [3.63, 3.8) is 0 Å². The summed E-state index contributed by atoms with van der Waals surface area (Å²) >= 11 is 0. The number of urea groups is 1. The predicted molar refractivity (Wildman–Crippen MR) is 91.9 cm³/mol. The van der Waals surface area contributed by atoms with Crippen LogP contribution in [0.4, 0.5) is 4.79 Å². The van der Waals surface area contributed by atoms with Crippen LogP contribution in [0.15, 0.2) is 24.3 Å². The molecular weight excluding hydrogens is 272 g/mol. The minimum absolute atomic E-state index is 0.106. The molecule has 122 valence electrons. The van der Waals surface area contributed by atoms with Crippen LogP contribution in [-0.2, 0) is 0 Å². The first-order valence-electron chi connectivity index (χ1n) is 8.69. The standard InChI is InChI=1S/C19H30N2O/c1-15(2)11-12-20-19(22)21-13-6-4-5-10-18(21)17-9-7-8-16(3)14-17/h7-9,14-15,18H,4-6,10-13H2,1-3H3,(H,20,22)/t18-/m1/s1. The summed E-state index contributed by atoms with van der Waals surface area (Å²) in [7, 11) is 0. The fourth-order valence-corrected chi connectivity index (χ4v) is 3.14. The highest BCUT2D eigenvalue weighted by molar-refractivity contribution is 5.74. The van der Waals surface area contributed by atoms with E-state index in [-0.39, 0.29) is 12.1 Å². The molecule has 0 saturated carbocycles. The van der Waals surface area contributed by atoms with Crippen molar-refractivity contribution in [2.24, 2.45) is 5.92 Å². The molecule has 1 atom stereocenters. The number of rotatable bonds is 4. The molecular formula is C19H30N2O. The average Bonchev–Trinajstić information content (AvgIpc) is 2.72. The Kier molecular flexibility index (Phi) is 6.29. The third-order valence-corrected chi connectivity index (χ3v) is 4.44. The smallest absolute Gasteiger partial charge is 0.317 e. The first kappa shape index (κ1) is 16.9. The molecule has 3 heteroatoms. The van der Waals surface area contributed by atoms with Gasteiger partial charge in [0.1, 0.15) is 0 Å². The Morgan fingerprint density at radius 3 is 2.86 bits per heavy atom. The van der Waals surface area contributed by atoms with Gasteiger partial charge in [-0.1, -0.05) is 56.5 Å². The van der Waals surface area contributed by atoms with Crippen molar-refractivity contribution in [3.05, 3.63) is 35.4 Å². The number of hydrogen-bond donors (Lipinski definition) is 1. The normalized spacial score (nSPS) is 19.1. The SMILES string of the molecule is Cc1cccc([C@H]2CCCCCN2C(=O)NCCC(C)C)c1. The van der Waals surface area contributed by atoms with Crippen LogP contribution in [0, 0.1) is 12.8 Å². The molecule has 1 fully saturated rings. The highest BCUT2D eigenvalue weighted by atomic mass is 16.2. The maximum atomic E-state index is 12.6. The molecule has 2 amide bonds. The van der Waals surface area contributed by atoms with Crippen LogP contribution in [-0.4, -0.2) is 24.0 Å². The molecule has 0 radical (unpaired) electrons. The molecule has 1 aliphatic rings. The van der Waals surface area contributed by atoms with Crippen molar-refractivity contribution in [2.75, 3.05) is 13.1 Å². The zero-order chi connectivity index (χ0) is 15.9. The van der Waals surface area contributed by atoms with E-state index in [1.54, 1.807) is 0 Å². The van der Waals surface area contributed by atoms with Crippen LogP contribution in [0.3, 0.4) is 0 Å². The lowest BCUT2D eigenvalue weighted by atomic mass is 9.99. The van der Waals surface area contributed by atoms with E-state index in [1.165, 1.54) is 24.0 Å². The van der Waals surface area contributed by atoms with Gasteiger partial charge in [-0.2, -0.15) is 0 Å². The van der Waals surface area contributed by atoms with Crippen molar-refractivity contribution in [2.45, 2.75) is 58.9 Å². The van der Waals surface area contributed by atoms with Crippen LogP contribution in [0.1, 0.15) is 63.1 Å². The Hall–Kier alpha value is -1.51. The average molecular weight is 302 g/mol. The monoisotopic (exact) mass is 302 g/mol. The van der Waals surface area contributed by atoms with Gasteiger partial charge < -0.3 is 10.2 Å². The van der Waals surface area contributed by atoms with Gasteiger partial charge in [0, 0.05) is 13.1 Å². The summed E-state index contributed by atoms with van der Waals surface area (Å²) < 4.78 is 0. The second-order valence-electron chi connectivity index (χ2n) is 6.89. The fraction of sp³-hybridized carbons (Fsp3) is 0.632. The number of nitrogens with one attached hydrogen (secondary N) is 1. The van der Waals surface area contributed by atoms with Gasteiger partial charge in [0.2, 0.25) is 0 Å². The summed E-state index contributed by atoms with van der Waals surface area (Å²) in [5.41, 5.74) is 2.54. The summed E-state index contributed by atoms with van der Waals surface area (Å²) in [6.07, 6.45) is 5.64. The van der Waals surface area contributed by atoms with Crippen molar-refractivity contribution in [1.82, 2.24) is 10.2 Å². The number of carbonyl (C=O) groups is 1. The van der Waals surface area contributed by atoms with Gasteiger partial charge in [-0.3, -0.25) is 0 Å². The van der Waals surface area contributed by atoms with E-state index >= 15 is 0 Å². The zero-order valence-electron chi connectivity index (χ0n) is 14.3. The minimum atomic E-state index is 0.106. The Morgan fingerprint density at radius 1 is 1.32 bits per heavy atom. The molecule has 1 aromatic carbocycles. The number of amides is 2. The number of likely N-dealkylation sites (tertiary alicyclic amines) is 1. The first-order chi connectivity index (χ1) is 10.6. The molecule has 1 saturated heterocycles. The van der Waals surface area contributed by atoms with Crippen molar-refractivity contribution in [1.29, 1.82) is 0 Å². The van der Waals surface area contributed by atoms with Gasteiger partial charge in [-0.15, -0.1) is 0 Å². The lowest BCUT2D eigenvalue weighted by Crippen LogP contribution is -2.42. The van der Waals surface area contributed by atoms with Gasteiger partial charge in [-0.05, 0) is 37.7 Å². The molecule has 0 spiro atoms.